The number of nitrogens with zero attached hydrogens (tertiary/aromatic N) is 2. The summed E-state index contributed by atoms with van der Waals surface area (Å²) in [5.41, 5.74) is 6.43. The van der Waals surface area contributed by atoms with Gasteiger partial charge in [-0.2, -0.15) is 5.10 Å². The van der Waals surface area contributed by atoms with E-state index in [9.17, 15) is 4.79 Å². The van der Waals surface area contributed by atoms with Crippen LogP contribution >= 0.6 is 0 Å². The summed E-state index contributed by atoms with van der Waals surface area (Å²) in [6, 6.07) is 9.58. The van der Waals surface area contributed by atoms with Crippen LogP contribution in [0.25, 0.3) is 0 Å². The molecule has 2 rings (SSSR count). The van der Waals surface area contributed by atoms with Crippen LogP contribution < -0.4 is 15.8 Å². The minimum absolute atomic E-state index is 0.251. The first-order valence-electron chi connectivity index (χ1n) is 6.99. The minimum atomic E-state index is -0.251. The standard InChI is InChI=1S/C15H20N4O2/c1-2-19-11-13(16)14(18-19)15(20)17-9-6-10-21-12-7-4-3-5-8-12/h3-5,7-8,11H,2,6,9-10,16H2,1H3,(H,17,20). The van der Waals surface area contributed by atoms with Gasteiger partial charge in [0.05, 0.1) is 12.3 Å². The van der Waals surface area contributed by atoms with Crippen LogP contribution in [0.3, 0.4) is 0 Å². The topological polar surface area (TPSA) is 82.2 Å². The Bertz CT molecular complexity index is 581. The summed E-state index contributed by atoms with van der Waals surface area (Å²) in [5.74, 6) is 0.578. The van der Waals surface area contributed by atoms with Gasteiger partial charge in [-0.3, -0.25) is 9.48 Å². The van der Waals surface area contributed by atoms with Gasteiger partial charge in [0.1, 0.15) is 5.75 Å². The van der Waals surface area contributed by atoms with Gasteiger partial charge in [0.2, 0.25) is 0 Å². The maximum Gasteiger partial charge on any atom is 0.273 e. The maximum atomic E-state index is 11.9. The Labute approximate surface area is 123 Å². The normalized spacial score (nSPS) is 10.3. The van der Waals surface area contributed by atoms with Crippen LogP contribution in [0.15, 0.2) is 36.5 Å². The van der Waals surface area contributed by atoms with E-state index < -0.39 is 0 Å². The summed E-state index contributed by atoms with van der Waals surface area (Å²) in [4.78, 5) is 11.9. The minimum Gasteiger partial charge on any atom is -0.494 e. The fraction of sp³-hybridized carbons (Fsp3) is 0.333. The molecule has 0 unspecified atom stereocenters. The number of anilines is 1. The van der Waals surface area contributed by atoms with Crippen LogP contribution in [-0.4, -0.2) is 28.8 Å². The SMILES string of the molecule is CCn1cc(N)c(C(=O)NCCCOc2ccccc2)n1. The molecule has 0 aliphatic heterocycles. The highest BCUT2D eigenvalue weighted by Crippen LogP contribution is 2.09. The fourth-order valence-corrected chi connectivity index (χ4v) is 1.84. The third-order valence-electron chi connectivity index (χ3n) is 2.95. The molecule has 2 aromatic rings. The van der Waals surface area contributed by atoms with Gasteiger partial charge < -0.3 is 15.8 Å². The molecule has 21 heavy (non-hydrogen) atoms. The molecule has 0 saturated heterocycles. The van der Waals surface area contributed by atoms with E-state index >= 15 is 0 Å². The van der Waals surface area contributed by atoms with Crippen molar-refractivity contribution in [3.05, 3.63) is 42.2 Å². The van der Waals surface area contributed by atoms with Gasteiger partial charge in [-0.15, -0.1) is 0 Å². The van der Waals surface area contributed by atoms with Crippen molar-refractivity contribution in [1.29, 1.82) is 0 Å². The third-order valence-corrected chi connectivity index (χ3v) is 2.95. The monoisotopic (exact) mass is 288 g/mol. The number of nitrogen functional groups attached to an aromatic ring is 1. The molecule has 0 bridgehead atoms. The average molecular weight is 288 g/mol. The van der Waals surface area contributed by atoms with Crippen LogP contribution in [0, 0.1) is 0 Å². The molecule has 6 heteroatoms. The first-order valence-corrected chi connectivity index (χ1v) is 6.99. The van der Waals surface area contributed by atoms with Crippen LogP contribution in [0.1, 0.15) is 23.8 Å². The summed E-state index contributed by atoms with van der Waals surface area (Å²) >= 11 is 0. The number of rotatable bonds is 7. The van der Waals surface area contributed by atoms with Crippen molar-refractivity contribution >= 4 is 11.6 Å². The molecule has 0 aliphatic rings. The summed E-state index contributed by atoms with van der Waals surface area (Å²) in [7, 11) is 0. The Morgan fingerprint density at radius 1 is 1.38 bits per heavy atom. The highest BCUT2D eigenvalue weighted by molar-refractivity contribution is 5.96. The van der Waals surface area contributed by atoms with Gasteiger partial charge >= 0.3 is 0 Å². The molecule has 3 N–H and O–H groups in total. The lowest BCUT2D eigenvalue weighted by molar-refractivity contribution is 0.0946. The lowest BCUT2D eigenvalue weighted by atomic mass is 10.3. The molecule has 1 amide bonds. The van der Waals surface area contributed by atoms with Crippen molar-refractivity contribution in [1.82, 2.24) is 15.1 Å². The molecule has 1 aromatic carbocycles. The largest absolute Gasteiger partial charge is 0.494 e. The number of nitrogens with two attached hydrogens (primary N) is 1. The predicted octanol–water partition coefficient (Wildman–Crippen LogP) is 1.68. The molecule has 0 spiro atoms. The Balaban J connectivity index is 1.71. The van der Waals surface area contributed by atoms with Crippen LogP contribution in [0.2, 0.25) is 0 Å². The third kappa shape index (κ3) is 4.24. The molecule has 0 atom stereocenters. The number of amides is 1. The highest BCUT2D eigenvalue weighted by Gasteiger charge is 2.13. The molecular weight excluding hydrogens is 268 g/mol. The molecule has 112 valence electrons. The first kappa shape index (κ1) is 14.9. The second-order valence-corrected chi connectivity index (χ2v) is 4.56. The van der Waals surface area contributed by atoms with Crippen LogP contribution in [0.4, 0.5) is 5.69 Å². The first-order chi connectivity index (χ1) is 10.2. The second kappa shape index (κ2) is 7.33. The number of hydrogen-bond donors (Lipinski definition) is 2. The van der Waals surface area contributed by atoms with Crippen molar-refractivity contribution in [2.24, 2.45) is 0 Å². The van der Waals surface area contributed by atoms with Crippen molar-refractivity contribution in [3.63, 3.8) is 0 Å². The van der Waals surface area contributed by atoms with E-state index in [1.54, 1.807) is 10.9 Å². The lowest BCUT2D eigenvalue weighted by Crippen LogP contribution is -2.26. The number of carbonyl (C=O) groups excluding carboxylic acids is 1. The zero-order chi connectivity index (χ0) is 15.1. The summed E-state index contributed by atoms with van der Waals surface area (Å²) < 4.78 is 7.18. The number of carbonyl (C=O) groups is 1. The maximum absolute atomic E-state index is 11.9. The van der Waals surface area contributed by atoms with E-state index in [0.717, 1.165) is 12.2 Å². The molecule has 1 aromatic heterocycles. The molecule has 0 saturated carbocycles. The van der Waals surface area contributed by atoms with Crippen molar-refractivity contribution in [2.75, 3.05) is 18.9 Å². The zero-order valence-corrected chi connectivity index (χ0v) is 12.1. The predicted molar refractivity (Wildman–Crippen MR) is 81.2 cm³/mol. The Kier molecular flexibility index (Phi) is 5.20. The smallest absolute Gasteiger partial charge is 0.273 e. The van der Waals surface area contributed by atoms with Crippen molar-refractivity contribution in [3.8, 4) is 5.75 Å². The Morgan fingerprint density at radius 3 is 2.81 bits per heavy atom. The van der Waals surface area contributed by atoms with E-state index in [4.69, 9.17) is 10.5 Å². The van der Waals surface area contributed by atoms with Gasteiger partial charge in [0.15, 0.2) is 5.69 Å². The Hall–Kier alpha value is -2.50. The average Bonchev–Trinajstić information content (AvgIpc) is 2.89. The van der Waals surface area contributed by atoms with E-state index in [2.05, 4.69) is 10.4 Å². The second-order valence-electron chi connectivity index (χ2n) is 4.56. The molecule has 1 heterocycles. The number of nitrogens with one attached hydrogen (secondary N) is 1. The quantitative estimate of drug-likeness (QED) is 0.759. The van der Waals surface area contributed by atoms with E-state index in [1.807, 2.05) is 37.3 Å². The van der Waals surface area contributed by atoms with Crippen LogP contribution in [-0.2, 0) is 6.54 Å². The number of benzene rings is 1. The number of aryl methyl sites for hydroxylation is 1. The number of hydrogen-bond acceptors (Lipinski definition) is 4. The molecule has 0 aliphatic carbocycles. The molecule has 0 radical (unpaired) electrons. The lowest BCUT2D eigenvalue weighted by Gasteiger charge is -2.06. The van der Waals surface area contributed by atoms with Gasteiger partial charge in [0, 0.05) is 19.3 Å². The van der Waals surface area contributed by atoms with Crippen molar-refractivity contribution in [2.45, 2.75) is 19.9 Å². The van der Waals surface area contributed by atoms with Crippen molar-refractivity contribution < 1.29 is 9.53 Å². The van der Waals surface area contributed by atoms with Gasteiger partial charge in [0.25, 0.3) is 5.91 Å². The number of para-hydroxylation sites is 1. The summed E-state index contributed by atoms with van der Waals surface area (Å²) in [6.07, 6.45) is 2.38. The van der Waals surface area contributed by atoms with Gasteiger partial charge in [-0.1, -0.05) is 18.2 Å². The highest BCUT2D eigenvalue weighted by atomic mass is 16.5. The zero-order valence-electron chi connectivity index (χ0n) is 12.1. The fourth-order valence-electron chi connectivity index (χ4n) is 1.84. The van der Waals surface area contributed by atoms with Gasteiger partial charge in [-0.25, -0.2) is 0 Å². The van der Waals surface area contributed by atoms with Gasteiger partial charge in [-0.05, 0) is 25.5 Å². The van der Waals surface area contributed by atoms with E-state index in [1.165, 1.54) is 0 Å². The Morgan fingerprint density at radius 2 is 2.14 bits per heavy atom. The van der Waals surface area contributed by atoms with E-state index in [0.29, 0.717) is 25.4 Å². The van der Waals surface area contributed by atoms with E-state index in [-0.39, 0.29) is 11.6 Å². The number of ether oxygens (including phenoxy) is 1. The molecule has 6 nitrogen and oxygen atoms in total. The summed E-state index contributed by atoms with van der Waals surface area (Å²) in [6.45, 7) is 3.69. The number of aromatic nitrogens is 2. The van der Waals surface area contributed by atoms with Crippen LogP contribution in [0.5, 0.6) is 5.75 Å². The molecule has 0 fully saturated rings. The summed E-state index contributed by atoms with van der Waals surface area (Å²) in [5, 5.41) is 6.91. The molecular formula is C15H20N4O2.